The number of aliphatic hydroxyl groups excluding tert-OH is 2. The molecule has 102 valence electrons. The van der Waals surface area contributed by atoms with Gasteiger partial charge in [-0.2, -0.15) is 0 Å². The van der Waals surface area contributed by atoms with Crippen molar-refractivity contribution in [2.45, 2.75) is 24.9 Å². The summed E-state index contributed by atoms with van der Waals surface area (Å²) in [4.78, 5) is 8.15. The summed E-state index contributed by atoms with van der Waals surface area (Å²) in [5.41, 5.74) is 0.618. The molecule has 2 N–H and O–H groups in total. The predicted octanol–water partition coefficient (Wildman–Crippen LogP) is 1.33. The van der Waals surface area contributed by atoms with E-state index < -0.39 is 12.3 Å². The minimum Gasteiger partial charge on any atom is -0.394 e. The Kier molecular flexibility index (Phi) is 3.65. The maximum absolute atomic E-state index is 10.0. The normalized spacial score (nSPS) is 27.3. The van der Waals surface area contributed by atoms with E-state index in [2.05, 4.69) is 32.6 Å². The lowest BCUT2D eigenvalue weighted by Crippen LogP contribution is -2.19. The van der Waals surface area contributed by atoms with Crippen LogP contribution in [0, 0.1) is 3.57 Å². The Morgan fingerprint density at radius 2 is 2.32 bits per heavy atom. The molecule has 0 amide bonds. The summed E-state index contributed by atoms with van der Waals surface area (Å²) in [6.07, 6.45) is 2.00. The van der Waals surface area contributed by atoms with E-state index in [-0.39, 0.29) is 12.7 Å². The minimum absolute atomic E-state index is 0.112. The van der Waals surface area contributed by atoms with Gasteiger partial charge in [0, 0.05) is 16.2 Å². The highest BCUT2D eigenvalue weighted by molar-refractivity contribution is 14.1. The lowest BCUT2D eigenvalue weighted by Gasteiger charge is -2.17. The summed E-state index contributed by atoms with van der Waals surface area (Å²) in [5.74, 6) is 0. The number of rotatable bonds is 2. The predicted molar refractivity (Wildman–Crippen MR) is 76.9 cm³/mol. The van der Waals surface area contributed by atoms with Gasteiger partial charge < -0.3 is 19.5 Å². The summed E-state index contributed by atoms with van der Waals surface area (Å²) in [6, 6.07) is 0. The van der Waals surface area contributed by atoms with Gasteiger partial charge in [-0.05, 0) is 22.6 Å². The molecule has 1 unspecified atom stereocenters. The van der Waals surface area contributed by atoms with Crippen LogP contribution in [0.5, 0.6) is 0 Å². The first kappa shape index (κ1) is 13.5. The Morgan fingerprint density at radius 1 is 1.53 bits per heavy atom. The summed E-state index contributed by atoms with van der Waals surface area (Å²) in [7, 11) is 0. The first-order valence-electron chi connectivity index (χ1n) is 5.72. The summed E-state index contributed by atoms with van der Waals surface area (Å²) in [6.45, 7) is -0.112. The standard InChI is InChI=1S/C11H11ClIN3O3/c12-9-8-6(13)2-16(10(8)15-4-14-9)11-7(18)1-5(3-17)19-11/h2,4-5,7,11,17-18H,1,3H2/t5-,7?,11+/m0/s1. The number of hydrogen-bond acceptors (Lipinski definition) is 5. The molecular formula is C11H11ClIN3O3. The quantitative estimate of drug-likeness (QED) is 0.592. The van der Waals surface area contributed by atoms with Crippen LogP contribution >= 0.6 is 34.2 Å². The zero-order chi connectivity index (χ0) is 13.6. The van der Waals surface area contributed by atoms with E-state index in [0.717, 1.165) is 8.96 Å². The van der Waals surface area contributed by atoms with Gasteiger partial charge in [-0.3, -0.25) is 0 Å². The van der Waals surface area contributed by atoms with Crippen LogP contribution < -0.4 is 0 Å². The van der Waals surface area contributed by atoms with E-state index >= 15 is 0 Å². The second-order valence-electron chi connectivity index (χ2n) is 4.38. The summed E-state index contributed by atoms with van der Waals surface area (Å²) < 4.78 is 8.26. The highest BCUT2D eigenvalue weighted by Gasteiger charge is 2.36. The molecule has 8 heteroatoms. The molecule has 2 aromatic rings. The number of hydrogen-bond donors (Lipinski definition) is 2. The fraction of sp³-hybridized carbons (Fsp3) is 0.455. The molecule has 3 atom stereocenters. The molecule has 0 spiro atoms. The van der Waals surface area contributed by atoms with Gasteiger partial charge in [-0.1, -0.05) is 11.6 Å². The van der Waals surface area contributed by atoms with E-state index in [4.69, 9.17) is 21.4 Å². The molecular weight excluding hydrogens is 384 g/mol. The zero-order valence-corrected chi connectivity index (χ0v) is 12.6. The van der Waals surface area contributed by atoms with Gasteiger partial charge in [0.05, 0.1) is 18.1 Å². The van der Waals surface area contributed by atoms with E-state index in [0.29, 0.717) is 17.2 Å². The molecule has 0 aromatic carbocycles. The van der Waals surface area contributed by atoms with Crippen LogP contribution in [0.1, 0.15) is 12.6 Å². The number of aromatic nitrogens is 3. The molecule has 2 aromatic heterocycles. The van der Waals surface area contributed by atoms with Gasteiger partial charge in [0.25, 0.3) is 0 Å². The summed E-state index contributed by atoms with van der Waals surface area (Å²) >= 11 is 8.20. The average molecular weight is 396 g/mol. The monoisotopic (exact) mass is 395 g/mol. The van der Waals surface area contributed by atoms with E-state index in [9.17, 15) is 5.11 Å². The highest BCUT2D eigenvalue weighted by atomic mass is 127. The van der Waals surface area contributed by atoms with Crippen molar-refractivity contribution < 1.29 is 14.9 Å². The number of aliphatic hydroxyl groups is 2. The molecule has 19 heavy (non-hydrogen) atoms. The van der Waals surface area contributed by atoms with E-state index in [1.54, 1.807) is 4.57 Å². The third kappa shape index (κ3) is 2.23. The van der Waals surface area contributed by atoms with Crippen LogP contribution in [0.25, 0.3) is 11.0 Å². The first-order valence-corrected chi connectivity index (χ1v) is 7.18. The third-order valence-electron chi connectivity index (χ3n) is 3.16. The number of ether oxygens (including phenoxy) is 1. The van der Waals surface area contributed by atoms with Crippen molar-refractivity contribution >= 4 is 45.2 Å². The number of nitrogens with zero attached hydrogens (tertiary/aromatic N) is 3. The molecule has 3 rings (SSSR count). The van der Waals surface area contributed by atoms with Crippen molar-refractivity contribution in [1.29, 1.82) is 0 Å². The Balaban J connectivity index is 2.09. The van der Waals surface area contributed by atoms with Crippen molar-refractivity contribution in [3.63, 3.8) is 0 Å². The third-order valence-corrected chi connectivity index (χ3v) is 4.26. The second kappa shape index (κ2) is 5.13. The van der Waals surface area contributed by atoms with Gasteiger partial charge in [0.15, 0.2) is 6.23 Å². The van der Waals surface area contributed by atoms with Gasteiger partial charge in [0.1, 0.15) is 23.2 Å². The molecule has 0 saturated carbocycles. The topological polar surface area (TPSA) is 80.4 Å². The first-order chi connectivity index (χ1) is 9.11. The van der Waals surface area contributed by atoms with Gasteiger partial charge in [-0.25, -0.2) is 9.97 Å². The molecule has 0 radical (unpaired) electrons. The Hall–Kier alpha value is -0.480. The molecule has 1 fully saturated rings. The van der Waals surface area contributed by atoms with Gasteiger partial charge >= 0.3 is 0 Å². The fourth-order valence-corrected chi connectivity index (χ4v) is 3.48. The van der Waals surface area contributed by atoms with Crippen molar-refractivity contribution in [3.8, 4) is 0 Å². The van der Waals surface area contributed by atoms with Crippen molar-refractivity contribution in [1.82, 2.24) is 14.5 Å². The fourth-order valence-electron chi connectivity index (χ4n) is 2.30. The molecule has 0 aliphatic carbocycles. The maximum Gasteiger partial charge on any atom is 0.161 e. The van der Waals surface area contributed by atoms with Crippen molar-refractivity contribution in [2.24, 2.45) is 0 Å². The van der Waals surface area contributed by atoms with Gasteiger partial charge in [-0.15, -0.1) is 0 Å². The largest absolute Gasteiger partial charge is 0.394 e. The van der Waals surface area contributed by atoms with Crippen LogP contribution in [0.2, 0.25) is 5.15 Å². The van der Waals surface area contributed by atoms with Crippen LogP contribution in [0.3, 0.4) is 0 Å². The SMILES string of the molecule is OC[C@@H]1CC(O)[C@H](n2cc(I)c3c(Cl)ncnc32)O1. The minimum atomic E-state index is -0.683. The lowest BCUT2D eigenvalue weighted by atomic mass is 10.2. The molecule has 3 heterocycles. The zero-order valence-electron chi connectivity index (χ0n) is 9.70. The van der Waals surface area contributed by atoms with E-state index in [1.165, 1.54) is 6.33 Å². The molecule has 1 aliphatic heterocycles. The Morgan fingerprint density at radius 3 is 3.00 bits per heavy atom. The van der Waals surface area contributed by atoms with Crippen LogP contribution in [-0.2, 0) is 4.74 Å². The van der Waals surface area contributed by atoms with E-state index in [1.807, 2.05) is 6.20 Å². The van der Waals surface area contributed by atoms with Crippen LogP contribution in [0.15, 0.2) is 12.5 Å². The number of fused-ring (bicyclic) bond motifs is 1. The molecule has 6 nitrogen and oxygen atoms in total. The van der Waals surface area contributed by atoms with Crippen LogP contribution in [0.4, 0.5) is 0 Å². The molecule has 1 saturated heterocycles. The van der Waals surface area contributed by atoms with Crippen LogP contribution in [-0.4, -0.2) is 43.6 Å². The van der Waals surface area contributed by atoms with Gasteiger partial charge in [0.2, 0.25) is 0 Å². The number of halogens is 2. The smallest absolute Gasteiger partial charge is 0.161 e. The maximum atomic E-state index is 10.0. The Bertz CT molecular complexity index is 620. The van der Waals surface area contributed by atoms with Crippen molar-refractivity contribution in [3.05, 3.63) is 21.2 Å². The average Bonchev–Trinajstić information content (AvgIpc) is 2.91. The molecule has 1 aliphatic rings. The second-order valence-corrected chi connectivity index (χ2v) is 5.90. The summed E-state index contributed by atoms with van der Waals surface area (Å²) in [5, 5.41) is 20.3. The van der Waals surface area contributed by atoms with Crippen molar-refractivity contribution in [2.75, 3.05) is 6.61 Å². The highest BCUT2D eigenvalue weighted by Crippen LogP contribution is 2.34. The molecule has 0 bridgehead atoms. The lowest BCUT2D eigenvalue weighted by molar-refractivity contribution is -0.0484. The Labute approximate surface area is 127 Å².